The molecule has 144 valence electrons. The van der Waals surface area contributed by atoms with E-state index in [4.69, 9.17) is 0 Å². The summed E-state index contributed by atoms with van der Waals surface area (Å²) in [7, 11) is 0. The molecule has 4 heteroatoms. The molecule has 0 fully saturated rings. The molecule has 0 aliphatic heterocycles. The molecule has 0 unspecified atom stereocenters. The number of hydrogen-bond acceptors (Lipinski definition) is 2. The molecular formula is C23H30N2O2. The molecule has 0 radical (unpaired) electrons. The first-order valence-electron chi connectivity index (χ1n) is 9.49. The number of nitrogens with zero attached hydrogens (tertiary/aromatic N) is 1. The standard InChI is InChI=1S/C23H30N2O2/c1-18(2)25(17-20-13-9-6-10-14-20)22(27)23(3,4)21(26)24-16-15-19-11-7-5-8-12-19/h5-14,18H,15-17H2,1-4H3,(H,24,26). The van der Waals surface area contributed by atoms with Crippen molar-refractivity contribution in [2.45, 2.75) is 46.7 Å². The predicted octanol–water partition coefficient (Wildman–Crippen LogP) is 3.81. The van der Waals surface area contributed by atoms with Crippen molar-refractivity contribution in [3.63, 3.8) is 0 Å². The van der Waals surface area contributed by atoms with Gasteiger partial charge >= 0.3 is 0 Å². The van der Waals surface area contributed by atoms with E-state index in [0.29, 0.717) is 13.1 Å². The van der Waals surface area contributed by atoms with E-state index in [2.05, 4.69) is 5.32 Å². The van der Waals surface area contributed by atoms with Gasteiger partial charge < -0.3 is 10.2 Å². The van der Waals surface area contributed by atoms with Gasteiger partial charge in [0.25, 0.3) is 0 Å². The second-order valence-electron chi connectivity index (χ2n) is 7.63. The number of benzene rings is 2. The van der Waals surface area contributed by atoms with E-state index in [0.717, 1.165) is 17.5 Å². The molecular weight excluding hydrogens is 336 g/mol. The molecule has 4 nitrogen and oxygen atoms in total. The van der Waals surface area contributed by atoms with Crippen LogP contribution in [0.1, 0.15) is 38.8 Å². The number of nitrogens with one attached hydrogen (secondary N) is 1. The average molecular weight is 367 g/mol. The summed E-state index contributed by atoms with van der Waals surface area (Å²) in [5.74, 6) is -0.388. The fourth-order valence-electron chi connectivity index (χ4n) is 2.91. The zero-order valence-corrected chi connectivity index (χ0v) is 16.7. The third-order valence-corrected chi connectivity index (χ3v) is 4.72. The second-order valence-corrected chi connectivity index (χ2v) is 7.63. The minimum Gasteiger partial charge on any atom is -0.355 e. The fourth-order valence-corrected chi connectivity index (χ4v) is 2.91. The van der Waals surface area contributed by atoms with Gasteiger partial charge in [-0.1, -0.05) is 60.7 Å². The minimum atomic E-state index is -1.12. The lowest BCUT2D eigenvalue weighted by atomic mass is 9.89. The Morgan fingerprint density at radius 2 is 1.44 bits per heavy atom. The van der Waals surface area contributed by atoms with Crippen LogP contribution in [0.15, 0.2) is 60.7 Å². The van der Waals surface area contributed by atoms with Gasteiger partial charge in [-0.25, -0.2) is 0 Å². The van der Waals surface area contributed by atoms with Crippen LogP contribution in [0, 0.1) is 5.41 Å². The van der Waals surface area contributed by atoms with Crippen LogP contribution < -0.4 is 5.32 Å². The highest BCUT2D eigenvalue weighted by molar-refractivity contribution is 6.04. The van der Waals surface area contributed by atoms with Crippen LogP contribution in [-0.4, -0.2) is 29.3 Å². The lowest BCUT2D eigenvalue weighted by Gasteiger charge is -2.34. The van der Waals surface area contributed by atoms with Crippen LogP contribution in [-0.2, 0) is 22.6 Å². The van der Waals surface area contributed by atoms with Crippen molar-refractivity contribution in [1.82, 2.24) is 10.2 Å². The minimum absolute atomic E-state index is 0.00843. The van der Waals surface area contributed by atoms with Gasteiger partial charge in [0.1, 0.15) is 5.41 Å². The molecule has 0 aliphatic rings. The smallest absolute Gasteiger partial charge is 0.238 e. The largest absolute Gasteiger partial charge is 0.355 e. The van der Waals surface area contributed by atoms with Gasteiger partial charge in [-0.15, -0.1) is 0 Å². The topological polar surface area (TPSA) is 49.4 Å². The Morgan fingerprint density at radius 1 is 0.926 bits per heavy atom. The van der Waals surface area contributed by atoms with Gasteiger partial charge in [-0.2, -0.15) is 0 Å². The van der Waals surface area contributed by atoms with E-state index in [-0.39, 0.29) is 17.9 Å². The first-order valence-corrected chi connectivity index (χ1v) is 9.49. The first kappa shape index (κ1) is 20.7. The van der Waals surface area contributed by atoms with Gasteiger partial charge in [-0.3, -0.25) is 9.59 Å². The van der Waals surface area contributed by atoms with Crippen LogP contribution in [0.4, 0.5) is 0 Å². The van der Waals surface area contributed by atoms with Crippen LogP contribution in [0.25, 0.3) is 0 Å². The van der Waals surface area contributed by atoms with Crippen molar-refractivity contribution in [3.05, 3.63) is 71.8 Å². The SMILES string of the molecule is CC(C)N(Cc1ccccc1)C(=O)C(C)(C)C(=O)NCCc1ccccc1. The number of amides is 2. The van der Waals surface area contributed by atoms with Crippen molar-refractivity contribution >= 4 is 11.8 Å². The number of hydrogen-bond donors (Lipinski definition) is 1. The highest BCUT2D eigenvalue weighted by Gasteiger charge is 2.39. The van der Waals surface area contributed by atoms with Crippen molar-refractivity contribution in [2.24, 2.45) is 5.41 Å². The molecule has 0 bridgehead atoms. The lowest BCUT2D eigenvalue weighted by molar-refractivity contribution is -0.150. The molecule has 2 amide bonds. The molecule has 0 aliphatic carbocycles. The zero-order valence-electron chi connectivity index (χ0n) is 16.7. The monoisotopic (exact) mass is 366 g/mol. The summed E-state index contributed by atoms with van der Waals surface area (Å²) < 4.78 is 0. The first-order chi connectivity index (χ1) is 12.8. The van der Waals surface area contributed by atoms with Crippen LogP contribution >= 0.6 is 0 Å². The van der Waals surface area contributed by atoms with Crippen LogP contribution in [0.5, 0.6) is 0 Å². The number of carbonyl (C=O) groups is 2. The van der Waals surface area contributed by atoms with Crippen LogP contribution in [0.2, 0.25) is 0 Å². The van der Waals surface area contributed by atoms with E-state index in [9.17, 15) is 9.59 Å². The predicted molar refractivity (Wildman–Crippen MR) is 109 cm³/mol. The molecule has 2 aromatic carbocycles. The average Bonchev–Trinajstić information content (AvgIpc) is 2.66. The van der Waals surface area contributed by atoms with Crippen LogP contribution in [0.3, 0.4) is 0 Å². The summed E-state index contributed by atoms with van der Waals surface area (Å²) in [5.41, 5.74) is 1.10. The fraction of sp³-hybridized carbons (Fsp3) is 0.391. The summed E-state index contributed by atoms with van der Waals surface area (Å²) in [6.45, 7) is 8.37. The molecule has 0 saturated heterocycles. The Kier molecular flexibility index (Phi) is 7.17. The third-order valence-electron chi connectivity index (χ3n) is 4.72. The zero-order chi connectivity index (χ0) is 19.9. The summed E-state index contributed by atoms with van der Waals surface area (Å²) in [4.78, 5) is 27.6. The van der Waals surface area contributed by atoms with Crippen molar-refractivity contribution in [1.29, 1.82) is 0 Å². The second kappa shape index (κ2) is 9.36. The highest BCUT2D eigenvalue weighted by Crippen LogP contribution is 2.22. The van der Waals surface area contributed by atoms with Gasteiger partial charge in [0.05, 0.1) is 0 Å². The maximum absolute atomic E-state index is 13.2. The van der Waals surface area contributed by atoms with Gasteiger partial charge in [0.2, 0.25) is 11.8 Å². The molecule has 27 heavy (non-hydrogen) atoms. The van der Waals surface area contributed by atoms with Gasteiger partial charge in [0, 0.05) is 19.1 Å². The van der Waals surface area contributed by atoms with E-state index >= 15 is 0 Å². The summed E-state index contributed by atoms with van der Waals surface area (Å²) in [5, 5.41) is 2.92. The van der Waals surface area contributed by atoms with E-state index in [1.54, 1.807) is 18.7 Å². The van der Waals surface area contributed by atoms with E-state index < -0.39 is 5.41 Å². The maximum Gasteiger partial charge on any atom is 0.238 e. The molecule has 0 spiro atoms. The van der Waals surface area contributed by atoms with Crippen molar-refractivity contribution < 1.29 is 9.59 Å². The quantitative estimate of drug-likeness (QED) is 0.722. The Bertz CT molecular complexity index is 739. The molecule has 0 atom stereocenters. The van der Waals surface area contributed by atoms with Crippen molar-refractivity contribution in [2.75, 3.05) is 6.54 Å². The number of rotatable bonds is 8. The van der Waals surface area contributed by atoms with Gasteiger partial charge in [-0.05, 0) is 45.2 Å². The maximum atomic E-state index is 13.2. The summed E-state index contributed by atoms with van der Waals surface area (Å²) in [6.07, 6.45) is 0.745. The summed E-state index contributed by atoms with van der Waals surface area (Å²) in [6, 6.07) is 19.9. The normalized spacial score (nSPS) is 11.3. The van der Waals surface area contributed by atoms with Gasteiger partial charge in [0.15, 0.2) is 0 Å². The molecule has 0 saturated carbocycles. The molecule has 0 aromatic heterocycles. The lowest BCUT2D eigenvalue weighted by Crippen LogP contribution is -2.51. The molecule has 1 N–H and O–H groups in total. The summed E-state index contributed by atoms with van der Waals surface area (Å²) >= 11 is 0. The Morgan fingerprint density at radius 3 is 1.96 bits per heavy atom. The molecule has 0 heterocycles. The van der Waals surface area contributed by atoms with Crippen molar-refractivity contribution in [3.8, 4) is 0 Å². The Hall–Kier alpha value is -2.62. The highest BCUT2D eigenvalue weighted by atomic mass is 16.2. The molecule has 2 aromatic rings. The Labute approximate surface area is 162 Å². The molecule has 2 rings (SSSR count). The Balaban J connectivity index is 2.00. The third kappa shape index (κ3) is 5.68. The van der Waals surface area contributed by atoms with E-state index in [1.807, 2.05) is 74.5 Å². The number of carbonyl (C=O) groups excluding carboxylic acids is 2. The van der Waals surface area contributed by atoms with E-state index in [1.165, 1.54) is 0 Å².